The van der Waals surface area contributed by atoms with Gasteiger partial charge in [-0.15, -0.1) is 0 Å². The predicted molar refractivity (Wildman–Crippen MR) is 147 cm³/mol. The van der Waals surface area contributed by atoms with E-state index in [0.717, 1.165) is 0 Å². The number of anilines is 4. The number of rotatable bonds is 4. The number of nitrogen functional groups attached to an aromatic ring is 2. The van der Waals surface area contributed by atoms with Crippen LogP contribution in [-0.2, 0) is 0 Å². The number of fused-ring (bicyclic) bond motifs is 6. The lowest BCUT2D eigenvalue weighted by molar-refractivity contribution is 0.448. The highest BCUT2D eigenvalue weighted by Gasteiger charge is 2.29. The number of nitriles is 2. The van der Waals surface area contributed by atoms with Gasteiger partial charge in [-0.2, -0.15) is 15.6 Å². The monoisotopic (exact) mass is 575 g/mol. The lowest BCUT2D eigenvalue weighted by Gasteiger charge is -2.23. The van der Waals surface area contributed by atoms with Crippen LogP contribution in [0.2, 0.25) is 0 Å². The molecule has 14 N–H and O–H groups in total. The van der Waals surface area contributed by atoms with E-state index >= 15 is 0 Å². The van der Waals surface area contributed by atoms with Gasteiger partial charge in [0, 0.05) is 15.8 Å². The molecule has 42 heavy (non-hydrogen) atoms. The van der Waals surface area contributed by atoms with Crippen molar-refractivity contribution in [2.45, 2.75) is 0 Å². The maximum absolute atomic E-state index is 14.6. The minimum atomic E-state index is -1.93. The molecule has 17 heteroatoms. The second kappa shape index (κ2) is 9.61. The van der Waals surface area contributed by atoms with Crippen LogP contribution in [0.4, 0.5) is 40.4 Å². The van der Waals surface area contributed by atoms with Crippen LogP contribution in [0.25, 0.3) is 23.1 Å². The molecule has 2 aliphatic heterocycles. The molecule has 0 bridgehead atoms. The van der Waals surface area contributed by atoms with Crippen LogP contribution in [0.5, 0.6) is 0 Å². The van der Waals surface area contributed by atoms with Crippen molar-refractivity contribution in [2.24, 2.45) is 28.0 Å². The first-order chi connectivity index (χ1) is 19.9. The summed E-state index contributed by atoms with van der Waals surface area (Å²) in [5, 5.41) is 36.9. The van der Waals surface area contributed by atoms with Crippen LogP contribution >= 0.6 is 0 Å². The molecular formula is C25H17F4N13. The molecule has 0 amide bonds. The summed E-state index contributed by atoms with van der Waals surface area (Å²) in [6.07, 6.45) is 2.95. The second-order valence-corrected chi connectivity index (χ2v) is 8.84. The third-order valence-corrected chi connectivity index (χ3v) is 6.38. The minimum Gasteiger partial charge on any atom is -0.396 e. The highest BCUT2D eigenvalue weighted by Crippen LogP contribution is 2.30. The van der Waals surface area contributed by atoms with Crippen molar-refractivity contribution >= 4 is 57.6 Å². The van der Waals surface area contributed by atoms with Gasteiger partial charge in [0.05, 0.1) is 45.0 Å². The van der Waals surface area contributed by atoms with E-state index in [1.807, 2.05) is 12.1 Å². The fourth-order valence-electron chi connectivity index (χ4n) is 4.39. The van der Waals surface area contributed by atoms with Crippen LogP contribution in [0.15, 0.2) is 34.0 Å². The number of nitrogens with two attached hydrogens (primary N) is 5. The van der Waals surface area contributed by atoms with E-state index in [2.05, 4.69) is 26.1 Å². The molecule has 0 spiro atoms. The molecule has 13 nitrogen and oxygen atoms in total. The molecule has 1 aromatic heterocycles. The maximum atomic E-state index is 14.6. The van der Waals surface area contributed by atoms with Crippen molar-refractivity contribution in [3.8, 4) is 12.1 Å². The summed E-state index contributed by atoms with van der Waals surface area (Å²) in [5.74, 6) is -10.0. The zero-order valence-electron chi connectivity index (χ0n) is 20.9. The highest BCUT2D eigenvalue weighted by atomic mass is 19.2. The van der Waals surface area contributed by atoms with E-state index in [1.165, 1.54) is 18.2 Å². The molecule has 5 rings (SSSR count). The smallest absolute Gasteiger partial charge is 0.173 e. The predicted octanol–water partition coefficient (Wildman–Crippen LogP) is 0.190. The quantitative estimate of drug-likeness (QED) is 0.0666. The molecular weight excluding hydrogens is 558 g/mol. The number of nitrogens with one attached hydrogen (secondary N) is 4. The lowest BCUT2D eigenvalue weighted by atomic mass is 9.98. The van der Waals surface area contributed by atoms with Gasteiger partial charge in [0.15, 0.2) is 29.1 Å². The largest absolute Gasteiger partial charge is 0.396 e. The molecule has 210 valence electrons. The van der Waals surface area contributed by atoms with Crippen molar-refractivity contribution in [1.29, 1.82) is 15.9 Å². The maximum Gasteiger partial charge on any atom is 0.173 e. The number of pyridine rings is 1. The van der Waals surface area contributed by atoms with E-state index in [9.17, 15) is 28.1 Å². The summed E-state index contributed by atoms with van der Waals surface area (Å²) < 4.78 is 57.9. The van der Waals surface area contributed by atoms with Crippen LogP contribution in [-0.4, -0.2) is 16.7 Å². The fourth-order valence-corrected chi connectivity index (χ4v) is 4.39. The van der Waals surface area contributed by atoms with Gasteiger partial charge in [0.1, 0.15) is 35.3 Å². The molecule has 2 aliphatic rings. The minimum absolute atomic E-state index is 0.0193. The number of amidine groups is 2. The van der Waals surface area contributed by atoms with E-state index in [-0.39, 0.29) is 39.8 Å². The van der Waals surface area contributed by atoms with E-state index in [0.29, 0.717) is 27.2 Å². The average Bonchev–Trinajstić information content (AvgIpc) is 2.95. The Hall–Kier alpha value is -6.49. The average molecular weight is 575 g/mol. The van der Waals surface area contributed by atoms with E-state index < -0.39 is 46.1 Å². The number of hydrazone groups is 1. The summed E-state index contributed by atoms with van der Waals surface area (Å²) >= 11 is 0. The second-order valence-electron chi connectivity index (χ2n) is 8.84. The Balaban J connectivity index is 1.71. The first-order valence-corrected chi connectivity index (χ1v) is 11.5. The number of aromatic nitrogens is 1. The summed E-state index contributed by atoms with van der Waals surface area (Å²) in [6, 6.07) is 5.27. The van der Waals surface area contributed by atoms with Gasteiger partial charge in [-0.05, 0) is 18.2 Å². The van der Waals surface area contributed by atoms with Crippen LogP contribution in [0.1, 0.15) is 11.1 Å². The fraction of sp³-hybridized carbons (Fsp3) is 0. The molecule has 0 aliphatic carbocycles. The Morgan fingerprint density at radius 2 is 1.52 bits per heavy atom. The van der Waals surface area contributed by atoms with Crippen LogP contribution < -0.4 is 55.2 Å². The van der Waals surface area contributed by atoms with Crippen molar-refractivity contribution in [2.75, 3.05) is 21.8 Å². The van der Waals surface area contributed by atoms with Gasteiger partial charge in [-0.25, -0.2) is 22.5 Å². The van der Waals surface area contributed by atoms with E-state index in [1.54, 1.807) is 0 Å². The van der Waals surface area contributed by atoms with Gasteiger partial charge in [-0.3, -0.25) is 10.8 Å². The topological polar surface area (TPSA) is 263 Å². The van der Waals surface area contributed by atoms with E-state index in [4.69, 9.17) is 34.1 Å². The number of allylic oxidation sites excluding steroid dienone is 3. The lowest BCUT2D eigenvalue weighted by Crippen LogP contribution is -2.32. The molecule has 3 aromatic rings. The van der Waals surface area contributed by atoms with Crippen molar-refractivity contribution in [1.82, 2.24) is 4.98 Å². The van der Waals surface area contributed by atoms with Gasteiger partial charge >= 0.3 is 0 Å². The SMILES string of the molecule is N#CC1=C(C#N)Nc2c3c(c4cc(NN=C(N)c5c(F)c(F)c(C(=N)N)c(F)c5F)c(N)nc4c2=C1)=CC(N)=C(N)N3. The number of benzene rings is 2. The van der Waals surface area contributed by atoms with Crippen molar-refractivity contribution in [3.05, 3.63) is 73.7 Å². The molecule has 0 fully saturated rings. The molecule has 0 atom stereocenters. The zero-order valence-corrected chi connectivity index (χ0v) is 20.9. The molecule has 3 heterocycles. The Morgan fingerprint density at radius 3 is 2.12 bits per heavy atom. The first-order valence-electron chi connectivity index (χ1n) is 11.5. The third-order valence-electron chi connectivity index (χ3n) is 6.38. The van der Waals surface area contributed by atoms with Crippen molar-refractivity contribution < 1.29 is 17.6 Å². The van der Waals surface area contributed by atoms with Crippen LogP contribution in [0, 0.1) is 51.3 Å². The Labute approximate surface area is 232 Å². The Morgan fingerprint density at radius 1 is 0.905 bits per heavy atom. The summed E-state index contributed by atoms with van der Waals surface area (Å²) in [5.41, 5.74) is 29.5. The Kier molecular flexibility index (Phi) is 6.20. The number of nitrogens with zero attached hydrogens (tertiary/aromatic N) is 4. The molecule has 0 unspecified atom stereocenters. The zero-order chi connectivity index (χ0) is 30.6. The van der Waals surface area contributed by atoms with Gasteiger partial charge in [0.25, 0.3) is 0 Å². The summed E-state index contributed by atoms with van der Waals surface area (Å²) in [6.45, 7) is 0. The molecule has 0 saturated carbocycles. The standard InChI is InChI=1S/C25H17F4N13/c26-15-13(22(33)34)16(27)18(29)14(17(15)28)25(37)42-41-11-3-8-7-2-10(32)23(35)40-20(7)21-9(19(8)39-24(11)36)1-6(4-30)12(5-31)38-21/h1-3,38,40-41H,32,35H2,(H3,33,34)(H2,36,39)(H2,37,42). The summed E-state index contributed by atoms with van der Waals surface area (Å²) in [7, 11) is 0. The summed E-state index contributed by atoms with van der Waals surface area (Å²) in [4.78, 5) is 4.38. The Bertz CT molecular complexity index is 2070. The number of halogens is 4. The van der Waals surface area contributed by atoms with Gasteiger partial charge in [0.2, 0.25) is 0 Å². The number of hydrogen-bond acceptors (Lipinski definition) is 11. The van der Waals surface area contributed by atoms with Crippen LogP contribution in [0.3, 0.4) is 0 Å². The molecule has 0 radical (unpaired) electrons. The molecule has 2 aromatic carbocycles. The highest BCUT2D eigenvalue weighted by molar-refractivity contribution is 6.02. The van der Waals surface area contributed by atoms with Gasteiger partial charge in [-0.1, -0.05) is 0 Å². The molecule has 0 saturated heterocycles. The van der Waals surface area contributed by atoms with Crippen molar-refractivity contribution in [3.63, 3.8) is 0 Å². The normalized spacial score (nSPS) is 14.0. The first kappa shape index (κ1) is 27.1. The number of hydrogen-bond donors (Lipinski definition) is 9. The third kappa shape index (κ3) is 3.97. The van der Waals surface area contributed by atoms with Gasteiger partial charge < -0.3 is 39.3 Å².